The van der Waals surface area contributed by atoms with Gasteiger partial charge in [-0.25, -0.2) is 4.39 Å². The van der Waals surface area contributed by atoms with Gasteiger partial charge in [0.1, 0.15) is 23.9 Å². The first kappa shape index (κ1) is 20.7. The van der Waals surface area contributed by atoms with Crippen molar-refractivity contribution in [2.24, 2.45) is 0 Å². The largest absolute Gasteiger partial charge is 0.484 e. The fraction of sp³-hybridized carbons (Fsp3) is 0.130. The van der Waals surface area contributed by atoms with Crippen LogP contribution in [0.25, 0.3) is 0 Å². The Bertz CT molecular complexity index is 1220. The molecule has 0 spiro atoms. The monoisotopic (exact) mass is 439 g/mol. The van der Waals surface area contributed by atoms with Crippen LogP contribution in [0.3, 0.4) is 0 Å². The van der Waals surface area contributed by atoms with Crippen LogP contribution in [0, 0.1) is 12.7 Å². The summed E-state index contributed by atoms with van der Waals surface area (Å²) in [6.45, 7) is 2.70. The molecule has 2 heterocycles. The molecule has 2 aromatic carbocycles. The van der Waals surface area contributed by atoms with Gasteiger partial charge in [0, 0.05) is 12.3 Å². The summed E-state index contributed by atoms with van der Waals surface area (Å²) in [5, 5.41) is 7.26. The Balaban J connectivity index is 1.35. The quantitative estimate of drug-likeness (QED) is 0.415. The number of furan rings is 1. The van der Waals surface area contributed by atoms with Crippen LogP contribution in [0.5, 0.6) is 5.75 Å². The van der Waals surface area contributed by atoms with Gasteiger partial charge in [0.15, 0.2) is 11.6 Å². The first-order chi connectivity index (χ1) is 15.0. The van der Waals surface area contributed by atoms with Gasteiger partial charge in [-0.3, -0.25) is 9.48 Å². The lowest BCUT2D eigenvalue weighted by Gasteiger charge is -2.06. The van der Waals surface area contributed by atoms with E-state index in [1.165, 1.54) is 17.7 Å². The summed E-state index contributed by atoms with van der Waals surface area (Å²) in [6, 6.07) is 16.8. The summed E-state index contributed by atoms with van der Waals surface area (Å²) in [5.74, 6) is 0.422. The van der Waals surface area contributed by atoms with Gasteiger partial charge in [0.2, 0.25) is 0 Å². The molecule has 2 aromatic heterocycles. The minimum absolute atomic E-state index is 0.0453. The molecule has 0 saturated heterocycles. The van der Waals surface area contributed by atoms with Crippen LogP contribution in [0.2, 0.25) is 5.02 Å². The zero-order valence-electron chi connectivity index (χ0n) is 16.6. The van der Waals surface area contributed by atoms with Gasteiger partial charge in [0.25, 0.3) is 5.91 Å². The first-order valence-electron chi connectivity index (χ1n) is 9.54. The highest BCUT2D eigenvalue weighted by atomic mass is 35.5. The van der Waals surface area contributed by atoms with Crippen molar-refractivity contribution in [2.45, 2.75) is 20.1 Å². The molecule has 8 heteroatoms. The third kappa shape index (κ3) is 5.13. The smallest absolute Gasteiger partial charge is 0.292 e. The van der Waals surface area contributed by atoms with E-state index in [1.54, 1.807) is 29.1 Å². The van der Waals surface area contributed by atoms with Crippen LogP contribution in [0.4, 0.5) is 10.2 Å². The van der Waals surface area contributed by atoms with Crippen LogP contribution in [0.1, 0.15) is 27.4 Å². The molecule has 0 aliphatic heterocycles. The minimum atomic E-state index is -0.448. The second-order valence-electron chi connectivity index (χ2n) is 6.91. The van der Waals surface area contributed by atoms with E-state index in [2.05, 4.69) is 10.4 Å². The summed E-state index contributed by atoms with van der Waals surface area (Å²) in [6.07, 6.45) is 1.80. The SMILES string of the molecule is Cc1ccccc1Cn1ccc(NC(=O)c2ccc(COc3ccc(F)cc3Cl)o2)n1. The topological polar surface area (TPSA) is 69.3 Å². The van der Waals surface area contributed by atoms with Crippen molar-refractivity contribution < 1.29 is 18.3 Å². The number of amides is 1. The number of benzene rings is 2. The Labute approximate surface area is 183 Å². The second kappa shape index (κ2) is 9.06. The fourth-order valence-electron chi connectivity index (χ4n) is 2.98. The maximum absolute atomic E-state index is 13.1. The first-order valence-corrected chi connectivity index (χ1v) is 9.91. The molecule has 0 aliphatic rings. The summed E-state index contributed by atoms with van der Waals surface area (Å²) in [4.78, 5) is 12.5. The molecule has 1 amide bonds. The number of nitrogens with one attached hydrogen (secondary N) is 1. The Kier molecular flexibility index (Phi) is 6.04. The lowest BCUT2D eigenvalue weighted by atomic mass is 10.1. The zero-order chi connectivity index (χ0) is 21.8. The van der Waals surface area contributed by atoms with Crippen molar-refractivity contribution in [3.8, 4) is 5.75 Å². The highest BCUT2D eigenvalue weighted by molar-refractivity contribution is 6.32. The number of aryl methyl sites for hydroxylation is 1. The maximum atomic E-state index is 13.1. The van der Waals surface area contributed by atoms with Crippen molar-refractivity contribution in [2.75, 3.05) is 5.32 Å². The van der Waals surface area contributed by atoms with Crippen LogP contribution in [-0.2, 0) is 13.2 Å². The van der Waals surface area contributed by atoms with E-state index in [-0.39, 0.29) is 17.4 Å². The molecule has 0 radical (unpaired) electrons. The van der Waals surface area contributed by atoms with Crippen molar-refractivity contribution >= 4 is 23.3 Å². The predicted molar refractivity (Wildman–Crippen MR) is 115 cm³/mol. The fourth-order valence-corrected chi connectivity index (χ4v) is 3.20. The number of halogens is 2. The lowest BCUT2D eigenvalue weighted by Crippen LogP contribution is -2.12. The van der Waals surface area contributed by atoms with E-state index in [0.717, 1.165) is 11.6 Å². The summed E-state index contributed by atoms with van der Waals surface area (Å²) < 4.78 is 25.9. The van der Waals surface area contributed by atoms with Gasteiger partial charge in [-0.05, 0) is 48.4 Å². The Morgan fingerprint density at radius 1 is 1.19 bits per heavy atom. The number of carbonyl (C=O) groups is 1. The Morgan fingerprint density at radius 3 is 2.84 bits per heavy atom. The van der Waals surface area contributed by atoms with Crippen LogP contribution in [-0.4, -0.2) is 15.7 Å². The molecule has 4 aromatic rings. The average Bonchev–Trinajstić information content (AvgIpc) is 3.39. The van der Waals surface area contributed by atoms with Gasteiger partial charge in [-0.1, -0.05) is 35.9 Å². The van der Waals surface area contributed by atoms with Gasteiger partial charge in [0.05, 0.1) is 11.6 Å². The Hall–Kier alpha value is -3.58. The number of aromatic nitrogens is 2. The summed E-state index contributed by atoms with van der Waals surface area (Å²) in [7, 11) is 0. The number of hydrogen-bond acceptors (Lipinski definition) is 4. The van der Waals surface area contributed by atoms with Crippen LogP contribution in [0.15, 0.2) is 71.3 Å². The molecule has 0 bridgehead atoms. The van der Waals surface area contributed by atoms with Gasteiger partial charge >= 0.3 is 0 Å². The standard InChI is InChI=1S/C23H19ClFN3O3/c1-15-4-2-3-5-16(15)13-28-11-10-22(27-28)26-23(29)21-9-7-18(31-21)14-30-20-8-6-17(25)12-19(20)24/h2-12H,13-14H2,1H3,(H,26,27,29). The normalized spacial score (nSPS) is 10.8. The number of carbonyl (C=O) groups excluding carboxylic acids is 1. The predicted octanol–water partition coefficient (Wildman–Crippen LogP) is 5.46. The molecule has 1 N–H and O–H groups in total. The van der Waals surface area contributed by atoms with E-state index in [4.69, 9.17) is 20.8 Å². The molecule has 158 valence electrons. The molecule has 6 nitrogen and oxygen atoms in total. The summed E-state index contributed by atoms with van der Waals surface area (Å²) >= 11 is 5.93. The number of nitrogens with zero attached hydrogens (tertiary/aromatic N) is 2. The molecule has 0 saturated carbocycles. The van der Waals surface area contributed by atoms with Crippen LogP contribution < -0.4 is 10.1 Å². The lowest BCUT2D eigenvalue weighted by molar-refractivity contribution is 0.0992. The van der Waals surface area contributed by atoms with E-state index >= 15 is 0 Å². The second-order valence-corrected chi connectivity index (χ2v) is 7.32. The molecular weight excluding hydrogens is 421 g/mol. The molecular formula is C23H19ClFN3O3. The number of rotatable bonds is 7. The highest BCUT2D eigenvalue weighted by Crippen LogP contribution is 2.26. The van der Waals surface area contributed by atoms with Crippen molar-refractivity contribution in [1.82, 2.24) is 9.78 Å². The van der Waals surface area contributed by atoms with Gasteiger partial charge in [-0.2, -0.15) is 5.10 Å². The van der Waals surface area contributed by atoms with E-state index < -0.39 is 11.7 Å². The Morgan fingerprint density at radius 2 is 2.03 bits per heavy atom. The average molecular weight is 440 g/mol. The molecule has 31 heavy (non-hydrogen) atoms. The molecule has 0 aliphatic carbocycles. The number of ether oxygens (including phenoxy) is 1. The zero-order valence-corrected chi connectivity index (χ0v) is 17.4. The molecule has 0 atom stereocenters. The molecule has 0 unspecified atom stereocenters. The van der Waals surface area contributed by atoms with Gasteiger partial charge in [-0.15, -0.1) is 0 Å². The van der Waals surface area contributed by atoms with E-state index in [9.17, 15) is 9.18 Å². The summed E-state index contributed by atoms with van der Waals surface area (Å²) in [5.41, 5.74) is 2.33. The van der Waals surface area contributed by atoms with Gasteiger partial charge < -0.3 is 14.5 Å². The minimum Gasteiger partial charge on any atom is -0.484 e. The molecule has 0 fully saturated rings. The van der Waals surface area contributed by atoms with Crippen molar-refractivity contribution in [1.29, 1.82) is 0 Å². The number of hydrogen-bond donors (Lipinski definition) is 1. The van der Waals surface area contributed by atoms with Crippen molar-refractivity contribution in [3.05, 3.63) is 100 Å². The third-order valence-corrected chi connectivity index (χ3v) is 4.92. The van der Waals surface area contributed by atoms with E-state index in [0.29, 0.717) is 23.9 Å². The van der Waals surface area contributed by atoms with Crippen LogP contribution >= 0.6 is 11.6 Å². The van der Waals surface area contributed by atoms with Crippen molar-refractivity contribution in [3.63, 3.8) is 0 Å². The third-order valence-electron chi connectivity index (χ3n) is 4.63. The molecule has 4 rings (SSSR count). The highest BCUT2D eigenvalue weighted by Gasteiger charge is 2.14. The number of anilines is 1. The maximum Gasteiger partial charge on any atom is 0.292 e. The van der Waals surface area contributed by atoms with E-state index in [1.807, 2.05) is 31.2 Å².